The highest BCUT2D eigenvalue weighted by Gasteiger charge is 2.20. The summed E-state index contributed by atoms with van der Waals surface area (Å²) in [6, 6.07) is 7.89. The smallest absolute Gasteiger partial charge is 0.298 e. The molecule has 3 rings (SSSR count). The molecule has 2 heterocycles. The van der Waals surface area contributed by atoms with Crippen LogP contribution in [0.4, 0.5) is 5.82 Å². The molecule has 1 aromatic heterocycles. The average Bonchev–Trinajstić information content (AvgIpc) is 2.48. The van der Waals surface area contributed by atoms with Gasteiger partial charge in [-0.25, -0.2) is 4.98 Å². The second-order valence-electron chi connectivity index (χ2n) is 5.23. The predicted molar refractivity (Wildman–Crippen MR) is 87.0 cm³/mol. The van der Waals surface area contributed by atoms with Gasteiger partial charge in [0.05, 0.1) is 0 Å². The van der Waals surface area contributed by atoms with Crippen molar-refractivity contribution in [3.63, 3.8) is 0 Å². The molecular formula is C15H17BrN4O. The molecule has 2 N–H and O–H groups in total. The molecule has 1 aliphatic heterocycles. The average molecular weight is 349 g/mol. The minimum Gasteiger partial charge on any atom is -0.352 e. The topological polar surface area (TPSA) is 64.2 Å². The number of nitrogens with zero attached hydrogens (tertiary/aromatic N) is 3. The number of nitrogens with two attached hydrogens (primary N) is 1. The molecule has 0 atom stereocenters. The van der Waals surface area contributed by atoms with Gasteiger partial charge in [0.25, 0.3) is 5.56 Å². The fourth-order valence-electron chi connectivity index (χ4n) is 2.56. The van der Waals surface area contributed by atoms with Crippen LogP contribution in [0.5, 0.6) is 0 Å². The van der Waals surface area contributed by atoms with Crippen LogP contribution >= 0.6 is 15.9 Å². The van der Waals surface area contributed by atoms with Crippen molar-refractivity contribution in [1.82, 2.24) is 9.55 Å². The third-order valence-corrected chi connectivity index (χ3v) is 4.24. The molecule has 6 heteroatoms. The predicted octanol–water partition coefficient (Wildman–Crippen LogP) is 1.92. The van der Waals surface area contributed by atoms with Gasteiger partial charge in [0.15, 0.2) is 5.82 Å². The molecule has 2 aromatic rings. The molecule has 0 saturated carbocycles. The normalized spacial score (nSPS) is 16.2. The van der Waals surface area contributed by atoms with E-state index in [0.717, 1.165) is 36.1 Å². The van der Waals surface area contributed by atoms with E-state index in [2.05, 4.69) is 20.9 Å². The Kier molecular flexibility index (Phi) is 4.07. The first-order valence-electron chi connectivity index (χ1n) is 6.99. The third kappa shape index (κ3) is 3.01. The lowest BCUT2D eigenvalue weighted by Gasteiger charge is -2.30. The van der Waals surface area contributed by atoms with Crippen molar-refractivity contribution in [2.75, 3.05) is 18.0 Å². The molecule has 0 bridgehead atoms. The van der Waals surface area contributed by atoms with E-state index in [4.69, 9.17) is 5.73 Å². The Labute approximate surface area is 131 Å². The van der Waals surface area contributed by atoms with Gasteiger partial charge >= 0.3 is 0 Å². The summed E-state index contributed by atoms with van der Waals surface area (Å²) in [4.78, 5) is 19.0. The van der Waals surface area contributed by atoms with Gasteiger partial charge in [-0.05, 0) is 31.0 Å². The first-order chi connectivity index (χ1) is 10.1. The maximum absolute atomic E-state index is 12.7. The molecule has 1 saturated heterocycles. The number of benzene rings is 1. The lowest BCUT2D eigenvalue weighted by atomic mass is 10.1. The number of rotatable bonds is 2. The van der Waals surface area contributed by atoms with Crippen molar-refractivity contribution in [3.05, 3.63) is 51.5 Å². The summed E-state index contributed by atoms with van der Waals surface area (Å²) < 4.78 is 2.57. The molecule has 0 unspecified atom stereocenters. The highest BCUT2D eigenvalue weighted by Crippen LogP contribution is 2.16. The van der Waals surface area contributed by atoms with Crippen LogP contribution in [0.3, 0.4) is 0 Å². The van der Waals surface area contributed by atoms with E-state index >= 15 is 0 Å². The molecule has 1 aromatic carbocycles. The second kappa shape index (κ2) is 5.99. The molecule has 0 spiro atoms. The second-order valence-corrected chi connectivity index (χ2v) is 6.15. The largest absolute Gasteiger partial charge is 0.352 e. The van der Waals surface area contributed by atoms with Crippen molar-refractivity contribution >= 4 is 21.7 Å². The summed E-state index contributed by atoms with van der Waals surface area (Å²) in [6.07, 6.45) is 5.16. The summed E-state index contributed by atoms with van der Waals surface area (Å²) in [6.45, 7) is 1.57. The maximum atomic E-state index is 12.7. The van der Waals surface area contributed by atoms with Crippen LogP contribution in [0.15, 0.2) is 45.9 Å². The Hall–Kier alpha value is -1.66. The SMILES string of the molecule is NC1CCN(c2nccn(-c3cccc(Br)c3)c2=O)CC1. The molecule has 1 aliphatic rings. The Morgan fingerprint density at radius 2 is 2.05 bits per heavy atom. The maximum Gasteiger partial charge on any atom is 0.298 e. The van der Waals surface area contributed by atoms with Crippen molar-refractivity contribution in [2.24, 2.45) is 5.73 Å². The number of piperidine rings is 1. The summed E-state index contributed by atoms with van der Waals surface area (Å²) in [5.41, 5.74) is 6.65. The number of hydrogen-bond donors (Lipinski definition) is 1. The van der Waals surface area contributed by atoms with Crippen molar-refractivity contribution in [3.8, 4) is 5.69 Å². The number of hydrogen-bond acceptors (Lipinski definition) is 4. The van der Waals surface area contributed by atoms with Crippen LogP contribution in [0.1, 0.15) is 12.8 Å². The first kappa shape index (κ1) is 14.3. The van der Waals surface area contributed by atoms with Crippen LogP contribution < -0.4 is 16.2 Å². The van der Waals surface area contributed by atoms with Crippen molar-refractivity contribution in [2.45, 2.75) is 18.9 Å². The fraction of sp³-hybridized carbons (Fsp3) is 0.333. The Morgan fingerprint density at radius 3 is 2.76 bits per heavy atom. The van der Waals surface area contributed by atoms with E-state index in [1.54, 1.807) is 17.0 Å². The van der Waals surface area contributed by atoms with Gasteiger partial charge in [-0.1, -0.05) is 22.0 Å². The van der Waals surface area contributed by atoms with Crippen LogP contribution in [0.25, 0.3) is 5.69 Å². The van der Waals surface area contributed by atoms with Gasteiger partial charge in [-0.3, -0.25) is 9.36 Å². The van der Waals surface area contributed by atoms with Crippen molar-refractivity contribution < 1.29 is 0 Å². The van der Waals surface area contributed by atoms with E-state index in [9.17, 15) is 4.79 Å². The van der Waals surface area contributed by atoms with Gasteiger partial charge in [0.1, 0.15) is 0 Å². The molecule has 110 valence electrons. The summed E-state index contributed by atoms with van der Waals surface area (Å²) in [5.74, 6) is 0.504. The molecular weight excluding hydrogens is 332 g/mol. The highest BCUT2D eigenvalue weighted by molar-refractivity contribution is 9.10. The summed E-state index contributed by atoms with van der Waals surface area (Å²) >= 11 is 3.43. The Bertz CT molecular complexity index is 692. The van der Waals surface area contributed by atoms with E-state index < -0.39 is 0 Å². The van der Waals surface area contributed by atoms with Gasteiger partial charge in [0, 0.05) is 41.7 Å². The van der Waals surface area contributed by atoms with E-state index in [1.165, 1.54) is 0 Å². The molecule has 0 aliphatic carbocycles. The molecule has 5 nitrogen and oxygen atoms in total. The van der Waals surface area contributed by atoms with Gasteiger partial charge in [-0.2, -0.15) is 0 Å². The van der Waals surface area contributed by atoms with Crippen LogP contribution in [-0.4, -0.2) is 28.7 Å². The Morgan fingerprint density at radius 1 is 1.29 bits per heavy atom. The quantitative estimate of drug-likeness (QED) is 0.900. The number of anilines is 1. The third-order valence-electron chi connectivity index (χ3n) is 3.75. The van der Waals surface area contributed by atoms with E-state index in [-0.39, 0.29) is 11.6 Å². The van der Waals surface area contributed by atoms with Gasteiger partial charge in [0.2, 0.25) is 0 Å². The van der Waals surface area contributed by atoms with Crippen LogP contribution in [-0.2, 0) is 0 Å². The zero-order valence-corrected chi connectivity index (χ0v) is 13.2. The fourth-order valence-corrected chi connectivity index (χ4v) is 2.95. The zero-order valence-electron chi connectivity index (χ0n) is 11.6. The standard InChI is InChI=1S/C15H17BrN4O/c16-11-2-1-3-13(10-11)20-9-6-18-14(15(20)21)19-7-4-12(17)5-8-19/h1-3,6,9-10,12H,4-5,7-8,17H2. The Balaban J connectivity index is 1.98. The van der Waals surface area contributed by atoms with Crippen LogP contribution in [0, 0.1) is 0 Å². The van der Waals surface area contributed by atoms with E-state index in [0.29, 0.717) is 5.82 Å². The van der Waals surface area contributed by atoms with Gasteiger partial charge in [-0.15, -0.1) is 0 Å². The molecule has 0 radical (unpaired) electrons. The summed E-state index contributed by atoms with van der Waals surface area (Å²) in [5, 5.41) is 0. The van der Waals surface area contributed by atoms with Crippen molar-refractivity contribution in [1.29, 1.82) is 0 Å². The van der Waals surface area contributed by atoms with Gasteiger partial charge < -0.3 is 10.6 Å². The van der Waals surface area contributed by atoms with E-state index in [1.807, 2.05) is 29.2 Å². The monoisotopic (exact) mass is 348 g/mol. The molecule has 1 fully saturated rings. The first-order valence-corrected chi connectivity index (χ1v) is 7.78. The number of aromatic nitrogens is 2. The molecule has 0 amide bonds. The lowest BCUT2D eigenvalue weighted by molar-refractivity contribution is 0.497. The summed E-state index contributed by atoms with van der Waals surface area (Å²) in [7, 11) is 0. The minimum atomic E-state index is -0.0916. The highest BCUT2D eigenvalue weighted by atomic mass is 79.9. The minimum absolute atomic E-state index is 0.0916. The zero-order chi connectivity index (χ0) is 14.8. The molecule has 21 heavy (non-hydrogen) atoms. The van der Waals surface area contributed by atoms with Crippen LogP contribution in [0.2, 0.25) is 0 Å². The number of halogens is 1. The lowest BCUT2D eigenvalue weighted by Crippen LogP contribution is -2.42.